The molecule has 1 aliphatic rings. The Morgan fingerprint density at radius 3 is 2.61 bits per heavy atom. The number of anilines is 1. The van der Waals surface area contributed by atoms with Gasteiger partial charge in [0.1, 0.15) is 18.1 Å². The fraction of sp³-hybridized carbons (Fsp3) is 0.440. The van der Waals surface area contributed by atoms with Crippen LogP contribution in [0.4, 0.5) is 19.3 Å². The first-order valence-electron chi connectivity index (χ1n) is 11.9. The Bertz CT molecular complexity index is 1200. The van der Waals surface area contributed by atoms with E-state index in [9.17, 15) is 13.6 Å². The van der Waals surface area contributed by atoms with E-state index < -0.39 is 31.5 Å². The lowest BCUT2D eigenvalue weighted by Crippen LogP contribution is -2.47. The van der Waals surface area contributed by atoms with Crippen LogP contribution >= 0.6 is 0 Å². The molecule has 36 heavy (non-hydrogen) atoms. The van der Waals surface area contributed by atoms with Gasteiger partial charge in [0.2, 0.25) is 0 Å². The summed E-state index contributed by atoms with van der Waals surface area (Å²) in [4.78, 5) is 16.6. The summed E-state index contributed by atoms with van der Waals surface area (Å²) in [7, 11) is -1.19. The summed E-state index contributed by atoms with van der Waals surface area (Å²) in [5.41, 5.74) is 0.565. The van der Waals surface area contributed by atoms with Gasteiger partial charge in [-0.3, -0.25) is 0 Å². The molecule has 1 unspecified atom stereocenters. The van der Waals surface area contributed by atoms with E-state index in [1.54, 1.807) is 18.3 Å². The summed E-state index contributed by atoms with van der Waals surface area (Å²) >= 11 is 0. The van der Waals surface area contributed by atoms with Gasteiger partial charge in [0, 0.05) is 56.9 Å². The van der Waals surface area contributed by atoms with Gasteiger partial charge in [-0.1, -0.05) is 19.6 Å². The number of amides is 2. The SMILES string of the molecule is CC(NC(=O)Nc1cc(F)c(Oc2ccnc3c2ccn3COCC[Si](C)(C)C)c(F)c1)C1COC1. The Balaban J connectivity index is 1.43. The van der Waals surface area contributed by atoms with Crippen LogP contribution in [0.15, 0.2) is 36.7 Å². The zero-order chi connectivity index (χ0) is 25.9. The molecule has 4 rings (SSSR count). The minimum absolute atomic E-state index is 0.0200. The van der Waals surface area contributed by atoms with Crippen LogP contribution in [0.1, 0.15) is 6.92 Å². The van der Waals surface area contributed by atoms with Crippen molar-refractivity contribution in [1.29, 1.82) is 0 Å². The van der Waals surface area contributed by atoms with Crippen molar-refractivity contribution in [2.75, 3.05) is 25.1 Å². The third-order valence-electron chi connectivity index (χ3n) is 6.05. The Hall–Kier alpha value is -3.02. The van der Waals surface area contributed by atoms with Crippen molar-refractivity contribution in [1.82, 2.24) is 14.9 Å². The molecule has 2 amide bonds. The number of pyridine rings is 1. The molecule has 1 saturated heterocycles. The maximum Gasteiger partial charge on any atom is 0.319 e. The number of carbonyl (C=O) groups is 1. The van der Waals surface area contributed by atoms with E-state index >= 15 is 0 Å². The second-order valence-corrected chi connectivity index (χ2v) is 15.9. The van der Waals surface area contributed by atoms with Crippen LogP contribution in [0.25, 0.3) is 11.0 Å². The van der Waals surface area contributed by atoms with Gasteiger partial charge in [0.25, 0.3) is 0 Å². The summed E-state index contributed by atoms with van der Waals surface area (Å²) in [6, 6.07) is 5.73. The smallest absolute Gasteiger partial charge is 0.319 e. The van der Waals surface area contributed by atoms with Crippen molar-refractivity contribution in [2.24, 2.45) is 5.92 Å². The number of nitrogens with zero attached hydrogens (tertiary/aromatic N) is 2. The molecule has 2 N–H and O–H groups in total. The molecule has 0 saturated carbocycles. The molecule has 1 atom stereocenters. The third-order valence-corrected chi connectivity index (χ3v) is 7.75. The summed E-state index contributed by atoms with van der Waals surface area (Å²) in [6.45, 7) is 10.9. The first kappa shape index (κ1) is 26.1. The van der Waals surface area contributed by atoms with E-state index in [0.29, 0.717) is 37.6 Å². The maximum atomic E-state index is 14.8. The quantitative estimate of drug-likeness (QED) is 0.271. The maximum absolute atomic E-state index is 14.8. The van der Waals surface area contributed by atoms with Gasteiger partial charge in [-0.15, -0.1) is 0 Å². The number of fused-ring (bicyclic) bond motifs is 1. The second kappa shape index (κ2) is 10.9. The topological polar surface area (TPSA) is 86.6 Å². The summed E-state index contributed by atoms with van der Waals surface area (Å²) in [5.74, 6) is -1.96. The fourth-order valence-corrected chi connectivity index (χ4v) is 4.43. The average molecular weight is 519 g/mol. The first-order valence-corrected chi connectivity index (χ1v) is 15.7. The van der Waals surface area contributed by atoms with Crippen LogP contribution in [0.5, 0.6) is 11.5 Å². The van der Waals surface area contributed by atoms with Crippen molar-refractivity contribution in [2.45, 2.75) is 45.4 Å². The van der Waals surface area contributed by atoms with Gasteiger partial charge < -0.3 is 29.4 Å². The van der Waals surface area contributed by atoms with Gasteiger partial charge in [0.15, 0.2) is 17.4 Å². The molecule has 0 spiro atoms. The molecule has 2 aromatic heterocycles. The highest BCUT2D eigenvalue weighted by Gasteiger charge is 2.26. The summed E-state index contributed by atoms with van der Waals surface area (Å²) in [5, 5.41) is 5.81. The highest BCUT2D eigenvalue weighted by Crippen LogP contribution is 2.34. The molecule has 194 valence electrons. The molecule has 3 aromatic rings. The number of aromatic nitrogens is 2. The third kappa shape index (κ3) is 6.39. The van der Waals surface area contributed by atoms with E-state index in [2.05, 4.69) is 35.3 Å². The number of hydrogen-bond acceptors (Lipinski definition) is 5. The van der Waals surface area contributed by atoms with Crippen LogP contribution in [-0.4, -0.2) is 49.5 Å². The minimum Gasteiger partial charge on any atom is -0.450 e. The van der Waals surface area contributed by atoms with Gasteiger partial charge in [-0.2, -0.15) is 0 Å². The van der Waals surface area contributed by atoms with E-state index in [-0.39, 0.29) is 23.4 Å². The van der Waals surface area contributed by atoms with Crippen LogP contribution in [-0.2, 0) is 16.2 Å². The highest BCUT2D eigenvalue weighted by molar-refractivity contribution is 6.76. The molecule has 1 aliphatic heterocycles. The number of nitrogens with one attached hydrogen (secondary N) is 2. The van der Waals surface area contributed by atoms with Crippen LogP contribution in [0, 0.1) is 17.6 Å². The van der Waals surface area contributed by atoms with Gasteiger partial charge in [-0.25, -0.2) is 18.6 Å². The number of carbonyl (C=O) groups excluding carboxylic acids is 1. The standard InChI is InChI=1S/C25H32F2N4O4Si/c1-16(17-13-34-14-17)29-25(32)30-18-11-20(26)23(21(27)12-18)35-22-5-7-28-24-19(22)6-8-31(24)15-33-9-10-36(2,3)4/h5-8,11-12,16-17H,9-10,13-15H2,1-4H3,(H2,29,30,32). The van der Waals surface area contributed by atoms with Crippen molar-refractivity contribution >= 4 is 30.8 Å². The van der Waals surface area contributed by atoms with Crippen LogP contribution < -0.4 is 15.4 Å². The molecular weight excluding hydrogens is 486 g/mol. The number of ether oxygens (including phenoxy) is 3. The van der Waals surface area contributed by atoms with E-state index in [1.165, 1.54) is 6.20 Å². The molecule has 8 nitrogen and oxygen atoms in total. The van der Waals surface area contributed by atoms with Crippen molar-refractivity contribution < 1.29 is 27.8 Å². The number of benzene rings is 1. The fourth-order valence-electron chi connectivity index (χ4n) is 3.67. The highest BCUT2D eigenvalue weighted by atomic mass is 28.3. The predicted octanol–water partition coefficient (Wildman–Crippen LogP) is 5.58. The Kier molecular flexibility index (Phi) is 7.91. The predicted molar refractivity (Wildman–Crippen MR) is 136 cm³/mol. The molecule has 3 heterocycles. The Morgan fingerprint density at radius 2 is 1.97 bits per heavy atom. The van der Waals surface area contributed by atoms with E-state index in [4.69, 9.17) is 14.2 Å². The normalized spacial score (nSPS) is 14.9. The molecule has 0 aliphatic carbocycles. The number of urea groups is 1. The summed E-state index contributed by atoms with van der Waals surface area (Å²) < 4.78 is 48.0. The van der Waals surface area contributed by atoms with E-state index in [1.807, 2.05) is 11.5 Å². The van der Waals surface area contributed by atoms with E-state index in [0.717, 1.165) is 18.2 Å². The van der Waals surface area contributed by atoms with Gasteiger partial charge in [0.05, 0.1) is 18.6 Å². The Morgan fingerprint density at radius 1 is 1.25 bits per heavy atom. The molecule has 1 aromatic carbocycles. The number of hydrogen-bond donors (Lipinski definition) is 2. The Labute approximate surface area is 209 Å². The molecule has 11 heteroatoms. The van der Waals surface area contributed by atoms with Gasteiger partial charge >= 0.3 is 6.03 Å². The lowest BCUT2D eigenvalue weighted by atomic mass is 10.0. The lowest BCUT2D eigenvalue weighted by Gasteiger charge is -2.31. The van der Waals surface area contributed by atoms with Crippen LogP contribution in [0.2, 0.25) is 25.7 Å². The van der Waals surface area contributed by atoms with Crippen molar-refractivity contribution in [3.05, 3.63) is 48.3 Å². The van der Waals surface area contributed by atoms with Crippen molar-refractivity contribution in [3.8, 4) is 11.5 Å². The molecular formula is C25H32F2N4O4Si. The lowest BCUT2D eigenvalue weighted by molar-refractivity contribution is -0.0444. The monoisotopic (exact) mass is 518 g/mol. The molecule has 0 bridgehead atoms. The number of rotatable bonds is 10. The molecule has 0 radical (unpaired) electrons. The zero-order valence-electron chi connectivity index (χ0n) is 20.9. The largest absolute Gasteiger partial charge is 0.450 e. The molecule has 1 fully saturated rings. The van der Waals surface area contributed by atoms with Crippen molar-refractivity contribution in [3.63, 3.8) is 0 Å². The zero-order valence-corrected chi connectivity index (χ0v) is 21.9. The minimum atomic E-state index is -1.19. The first-order chi connectivity index (χ1) is 17.1. The second-order valence-electron chi connectivity index (χ2n) is 10.2. The number of halogens is 2. The average Bonchev–Trinajstić information content (AvgIpc) is 3.15. The van der Waals surface area contributed by atoms with Crippen LogP contribution in [0.3, 0.4) is 0 Å². The van der Waals surface area contributed by atoms with Gasteiger partial charge in [-0.05, 0) is 25.1 Å². The summed E-state index contributed by atoms with van der Waals surface area (Å²) in [6.07, 6.45) is 3.31.